The van der Waals surface area contributed by atoms with Crippen LogP contribution in [0.1, 0.15) is 54.1 Å². The monoisotopic (exact) mass is 592 g/mol. The van der Waals surface area contributed by atoms with Crippen molar-refractivity contribution in [3.8, 4) is 5.75 Å². The summed E-state index contributed by atoms with van der Waals surface area (Å²) in [6, 6.07) is 32.7. The van der Waals surface area contributed by atoms with Crippen molar-refractivity contribution in [2.24, 2.45) is 0 Å². The molecule has 0 saturated heterocycles. The number of ketones is 1. The molecule has 1 amide bonds. The lowest BCUT2D eigenvalue weighted by atomic mass is 10.00. The van der Waals surface area contributed by atoms with Gasteiger partial charge in [-0.3, -0.25) is 9.59 Å². The van der Waals surface area contributed by atoms with E-state index in [1.165, 1.54) is 7.11 Å². The van der Waals surface area contributed by atoms with E-state index in [-0.39, 0.29) is 11.7 Å². The Balaban J connectivity index is 1.39. The van der Waals surface area contributed by atoms with E-state index in [1.807, 2.05) is 78.9 Å². The quantitative estimate of drug-likeness (QED) is 0.0848. The van der Waals surface area contributed by atoms with Gasteiger partial charge in [-0.05, 0) is 48.4 Å². The highest BCUT2D eigenvalue weighted by atomic mass is 16.5. The van der Waals surface area contributed by atoms with Crippen LogP contribution < -0.4 is 15.0 Å². The van der Waals surface area contributed by atoms with Gasteiger partial charge in [0.25, 0.3) is 0 Å². The number of carbonyl (C=O) groups excluding carboxylic acids is 3. The van der Waals surface area contributed by atoms with Gasteiger partial charge in [-0.25, -0.2) is 4.79 Å². The number of benzene rings is 4. The van der Waals surface area contributed by atoms with Crippen molar-refractivity contribution in [3.63, 3.8) is 0 Å². The summed E-state index contributed by atoms with van der Waals surface area (Å²) in [7, 11) is 1.35. The molecule has 0 aliphatic rings. The smallest absolute Gasteiger partial charge is 0.328 e. The van der Waals surface area contributed by atoms with Crippen LogP contribution in [0.15, 0.2) is 109 Å². The molecule has 0 aliphatic carbocycles. The number of rotatable bonds is 16. The number of para-hydroxylation sites is 2. The predicted octanol–water partition coefficient (Wildman–Crippen LogP) is 7.11. The summed E-state index contributed by atoms with van der Waals surface area (Å²) in [4.78, 5) is 40.7. The topological polar surface area (TPSA) is 84.9 Å². The number of unbranched alkanes of at least 4 members (excludes halogenated alkanes) is 2. The highest BCUT2D eigenvalue weighted by Crippen LogP contribution is 2.23. The summed E-state index contributed by atoms with van der Waals surface area (Å²) in [6.07, 6.45) is 3.82. The molecule has 0 fully saturated rings. The van der Waals surface area contributed by atoms with Crippen LogP contribution in [0, 0.1) is 0 Å². The Bertz CT molecular complexity index is 1490. The number of ether oxygens (including phenoxy) is 2. The van der Waals surface area contributed by atoms with Gasteiger partial charge in [0.05, 0.1) is 13.7 Å². The minimum absolute atomic E-state index is 0.0944. The standard InChI is InChI=1S/C37H40N2O5/c1-3-4-7-20-35(40)39(30-16-10-6-11-17-30)25-26-44-31-23-21-28(22-24-31)27-34(37(42)43-2)38-33-19-13-12-18-32(33)36(41)29-14-8-5-9-15-29/h5-6,8-19,21-24,34,38H,3-4,7,20,25-27H2,1-2H3. The van der Waals surface area contributed by atoms with Crippen LogP contribution in [0.2, 0.25) is 0 Å². The first kappa shape index (κ1) is 32.0. The van der Waals surface area contributed by atoms with Gasteiger partial charge in [0, 0.05) is 35.3 Å². The average molecular weight is 593 g/mol. The highest BCUT2D eigenvalue weighted by Gasteiger charge is 2.23. The van der Waals surface area contributed by atoms with Gasteiger partial charge in [0.2, 0.25) is 5.91 Å². The molecule has 0 spiro atoms. The van der Waals surface area contributed by atoms with E-state index in [4.69, 9.17) is 9.47 Å². The fourth-order valence-electron chi connectivity index (χ4n) is 4.95. The molecule has 0 aliphatic heterocycles. The van der Waals surface area contributed by atoms with Crippen LogP contribution in [0.25, 0.3) is 0 Å². The molecule has 0 aromatic heterocycles. The summed E-state index contributed by atoms with van der Waals surface area (Å²) in [5.41, 5.74) is 3.36. The Morgan fingerprint density at radius 3 is 2.14 bits per heavy atom. The maximum Gasteiger partial charge on any atom is 0.328 e. The van der Waals surface area contributed by atoms with E-state index in [9.17, 15) is 14.4 Å². The second kappa shape index (κ2) is 16.7. The van der Waals surface area contributed by atoms with E-state index in [0.29, 0.717) is 48.6 Å². The van der Waals surface area contributed by atoms with E-state index in [1.54, 1.807) is 35.2 Å². The fourth-order valence-corrected chi connectivity index (χ4v) is 4.95. The van der Waals surface area contributed by atoms with Crippen molar-refractivity contribution in [1.29, 1.82) is 0 Å². The van der Waals surface area contributed by atoms with Crippen molar-refractivity contribution < 1.29 is 23.9 Å². The summed E-state index contributed by atoms with van der Waals surface area (Å²) in [5, 5.41) is 3.24. The second-order valence-corrected chi connectivity index (χ2v) is 10.5. The molecule has 0 bridgehead atoms. The van der Waals surface area contributed by atoms with Gasteiger partial charge >= 0.3 is 5.97 Å². The van der Waals surface area contributed by atoms with Crippen molar-refractivity contribution in [2.45, 2.75) is 45.1 Å². The molecule has 0 radical (unpaired) electrons. The molecular weight excluding hydrogens is 552 g/mol. The summed E-state index contributed by atoms with van der Waals surface area (Å²) < 4.78 is 11.1. The number of carbonyl (C=O) groups is 3. The molecule has 1 N–H and O–H groups in total. The third kappa shape index (κ3) is 9.04. The maximum absolute atomic E-state index is 13.2. The SMILES string of the molecule is CCCCCC(=O)N(CCOc1ccc(CC(Nc2ccccc2C(=O)c2ccccc2)C(=O)OC)cc1)c1ccccc1. The summed E-state index contributed by atoms with van der Waals surface area (Å²) in [6.45, 7) is 2.90. The van der Waals surface area contributed by atoms with E-state index in [0.717, 1.165) is 30.5 Å². The number of anilines is 2. The third-order valence-electron chi connectivity index (χ3n) is 7.33. The van der Waals surface area contributed by atoms with Crippen molar-refractivity contribution in [3.05, 3.63) is 126 Å². The number of esters is 1. The van der Waals surface area contributed by atoms with Crippen molar-refractivity contribution in [1.82, 2.24) is 0 Å². The Kier molecular flexibility index (Phi) is 12.1. The lowest BCUT2D eigenvalue weighted by Crippen LogP contribution is -2.34. The van der Waals surface area contributed by atoms with E-state index < -0.39 is 12.0 Å². The van der Waals surface area contributed by atoms with Gasteiger partial charge in [-0.1, -0.05) is 92.6 Å². The Labute approximate surface area is 259 Å². The second-order valence-electron chi connectivity index (χ2n) is 10.5. The molecule has 4 aromatic carbocycles. The number of nitrogens with zero attached hydrogens (tertiary/aromatic N) is 1. The van der Waals surface area contributed by atoms with Crippen LogP contribution in [0.3, 0.4) is 0 Å². The summed E-state index contributed by atoms with van der Waals surface area (Å²) in [5.74, 6) is 0.197. The average Bonchev–Trinajstić information content (AvgIpc) is 3.07. The zero-order valence-electron chi connectivity index (χ0n) is 25.4. The Morgan fingerprint density at radius 1 is 0.795 bits per heavy atom. The Hall–Kier alpha value is -4.91. The molecule has 7 nitrogen and oxygen atoms in total. The number of hydrogen-bond donors (Lipinski definition) is 1. The first-order chi connectivity index (χ1) is 21.5. The highest BCUT2D eigenvalue weighted by molar-refractivity contribution is 6.12. The van der Waals surface area contributed by atoms with Crippen LogP contribution >= 0.6 is 0 Å². The molecule has 0 saturated carbocycles. The maximum atomic E-state index is 13.2. The lowest BCUT2D eigenvalue weighted by molar-refractivity contribution is -0.141. The molecule has 4 rings (SSSR count). The predicted molar refractivity (Wildman–Crippen MR) is 174 cm³/mol. The first-order valence-electron chi connectivity index (χ1n) is 15.1. The van der Waals surface area contributed by atoms with Gasteiger partial charge in [-0.2, -0.15) is 0 Å². The molecule has 7 heteroatoms. The molecule has 4 aromatic rings. The first-order valence-corrected chi connectivity index (χ1v) is 15.1. The number of methoxy groups -OCH3 is 1. The third-order valence-corrected chi connectivity index (χ3v) is 7.33. The lowest BCUT2D eigenvalue weighted by Gasteiger charge is -2.23. The van der Waals surface area contributed by atoms with Crippen molar-refractivity contribution in [2.75, 3.05) is 30.5 Å². The van der Waals surface area contributed by atoms with Gasteiger partial charge in [0.15, 0.2) is 5.78 Å². The molecular formula is C37H40N2O5. The molecule has 1 atom stereocenters. The van der Waals surface area contributed by atoms with Crippen LogP contribution in [-0.2, 0) is 20.7 Å². The zero-order chi connectivity index (χ0) is 31.1. The molecule has 0 heterocycles. The zero-order valence-corrected chi connectivity index (χ0v) is 25.4. The minimum atomic E-state index is -0.713. The van der Waals surface area contributed by atoms with Gasteiger partial charge < -0.3 is 19.7 Å². The molecule has 228 valence electrons. The van der Waals surface area contributed by atoms with E-state index >= 15 is 0 Å². The van der Waals surface area contributed by atoms with Gasteiger partial charge in [-0.15, -0.1) is 0 Å². The largest absolute Gasteiger partial charge is 0.492 e. The normalized spacial score (nSPS) is 11.3. The number of nitrogens with one attached hydrogen (secondary N) is 1. The van der Waals surface area contributed by atoms with Crippen LogP contribution in [0.5, 0.6) is 5.75 Å². The van der Waals surface area contributed by atoms with Gasteiger partial charge in [0.1, 0.15) is 18.4 Å². The minimum Gasteiger partial charge on any atom is -0.492 e. The number of hydrogen-bond acceptors (Lipinski definition) is 6. The Morgan fingerprint density at radius 2 is 1.45 bits per heavy atom. The fraction of sp³-hybridized carbons (Fsp3) is 0.270. The summed E-state index contributed by atoms with van der Waals surface area (Å²) >= 11 is 0. The van der Waals surface area contributed by atoms with E-state index in [2.05, 4.69) is 12.2 Å². The molecule has 44 heavy (non-hydrogen) atoms. The van der Waals surface area contributed by atoms with Crippen molar-refractivity contribution >= 4 is 29.0 Å². The van der Waals surface area contributed by atoms with Crippen LogP contribution in [0.4, 0.5) is 11.4 Å². The number of amides is 1. The van der Waals surface area contributed by atoms with Crippen LogP contribution in [-0.4, -0.2) is 44.0 Å². The molecule has 1 unspecified atom stereocenters.